The van der Waals surface area contributed by atoms with Crippen molar-refractivity contribution in [2.75, 3.05) is 36.0 Å². The lowest BCUT2D eigenvalue weighted by Crippen LogP contribution is -2.47. The van der Waals surface area contributed by atoms with Gasteiger partial charge in [-0.05, 0) is 24.3 Å². The first-order valence-electron chi connectivity index (χ1n) is 7.54. The summed E-state index contributed by atoms with van der Waals surface area (Å²) in [5, 5.41) is 0. The summed E-state index contributed by atoms with van der Waals surface area (Å²) >= 11 is 0. The highest BCUT2D eigenvalue weighted by molar-refractivity contribution is 5.60. The van der Waals surface area contributed by atoms with Crippen LogP contribution < -0.4 is 9.80 Å². The molecule has 3 heterocycles. The lowest BCUT2D eigenvalue weighted by molar-refractivity contribution is 0.637. The number of rotatable bonds is 2. The number of pyridine rings is 1. The molecule has 1 aliphatic carbocycles. The molecule has 0 saturated carbocycles. The van der Waals surface area contributed by atoms with E-state index in [-0.39, 0.29) is 0 Å². The molecule has 0 N–H and O–H groups in total. The Bertz CT molecular complexity index is 691. The molecule has 22 heavy (non-hydrogen) atoms. The van der Waals surface area contributed by atoms with Crippen LogP contribution in [0.5, 0.6) is 0 Å². The smallest absolute Gasteiger partial charge is 0.226 e. The van der Waals surface area contributed by atoms with Crippen molar-refractivity contribution in [1.29, 1.82) is 0 Å². The number of hydrogen-bond acceptors (Lipinski definition) is 5. The molecule has 1 fully saturated rings. The second kappa shape index (κ2) is 5.60. The first-order valence-corrected chi connectivity index (χ1v) is 7.54. The lowest BCUT2D eigenvalue weighted by atomic mass is 10.3. The molecule has 4 rings (SSSR count). The van der Waals surface area contributed by atoms with E-state index in [0.29, 0.717) is 0 Å². The highest BCUT2D eigenvalue weighted by atomic mass is 15.3. The van der Waals surface area contributed by atoms with Crippen molar-refractivity contribution < 1.29 is 0 Å². The van der Waals surface area contributed by atoms with Gasteiger partial charge in [-0.15, -0.1) is 0 Å². The standard InChI is InChI=1S/C17H17N5/c1-2-6-14-15(7-3-1)20-17(19-14)22-12-10-21(11-13-22)16-8-4-5-9-18-16/h1-9H,10-13H2. The Hall–Kier alpha value is -2.69. The lowest BCUT2D eigenvalue weighted by Gasteiger charge is -2.34. The molecule has 0 unspecified atom stereocenters. The van der Waals surface area contributed by atoms with E-state index in [4.69, 9.17) is 0 Å². The van der Waals surface area contributed by atoms with Gasteiger partial charge in [0.15, 0.2) is 0 Å². The summed E-state index contributed by atoms with van der Waals surface area (Å²) in [6.45, 7) is 3.71. The van der Waals surface area contributed by atoms with Crippen molar-refractivity contribution >= 4 is 11.8 Å². The van der Waals surface area contributed by atoms with Crippen molar-refractivity contribution in [2.45, 2.75) is 0 Å². The van der Waals surface area contributed by atoms with Crippen LogP contribution >= 0.6 is 0 Å². The molecule has 5 heteroatoms. The molecular weight excluding hydrogens is 274 g/mol. The number of piperazine rings is 1. The average Bonchev–Trinajstić information content (AvgIpc) is 2.87. The topological polar surface area (TPSA) is 45.2 Å². The van der Waals surface area contributed by atoms with Crippen molar-refractivity contribution in [3.8, 4) is 11.4 Å². The van der Waals surface area contributed by atoms with Gasteiger partial charge in [0.05, 0.1) is 11.4 Å². The van der Waals surface area contributed by atoms with Crippen LogP contribution in [0.25, 0.3) is 11.4 Å². The number of nitrogens with zero attached hydrogens (tertiary/aromatic N) is 5. The zero-order valence-corrected chi connectivity index (χ0v) is 12.3. The molecule has 0 radical (unpaired) electrons. The quantitative estimate of drug-likeness (QED) is 0.725. The Morgan fingerprint density at radius 1 is 0.682 bits per heavy atom. The van der Waals surface area contributed by atoms with Crippen LogP contribution in [-0.2, 0) is 0 Å². The summed E-state index contributed by atoms with van der Waals surface area (Å²) in [5.41, 5.74) is 1.90. The Labute approximate surface area is 129 Å². The van der Waals surface area contributed by atoms with E-state index >= 15 is 0 Å². The van der Waals surface area contributed by atoms with Gasteiger partial charge < -0.3 is 9.80 Å². The molecule has 0 spiro atoms. The van der Waals surface area contributed by atoms with Gasteiger partial charge in [0.2, 0.25) is 5.95 Å². The van der Waals surface area contributed by atoms with Gasteiger partial charge in [-0.1, -0.05) is 24.3 Å². The Kier molecular flexibility index (Phi) is 3.31. The third-order valence-corrected chi connectivity index (χ3v) is 3.97. The fourth-order valence-electron chi connectivity index (χ4n) is 2.78. The van der Waals surface area contributed by atoms with Crippen LogP contribution in [0.2, 0.25) is 0 Å². The van der Waals surface area contributed by atoms with E-state index in [1.165, 1.54) is 0 Å². The zero-order valence-electron chi connectivity index (χ0n) is 12.3. The number of imidazole rings is 1. The normalized spacial score (nSPS) is 15.3. The van der Waals surface area contributed by atoms with Crippen molar-refractivity contribution in [1.82, 2.24) is 15.0 Å². The molecule has 1 saturated heterocycles. The first-order chi connectivity index (χ1) is 10.9. The molecule has 0 bridgehead atoms. The van der Waals surface area contributed by atoms with Gasteiger partial charge in [0.1, 0.15) is 5.82 Å². The summed E-state index contributed by atoms with van der Waals surface area (Å²) in [5.74, 6) is 1.88. The van der Waals surface area contributed by atoms with E-state index in [1.54, 1.807) is 0 Å². The maximum absolute atomic E-state index is 4.65. The van der Waals surface area contributed by atoms with Crippen molar-refractivity contribution in [2.24, 2.45) is 0 Å². The minimum atomic E-state index is 0.835. The predicted molar refractivity (Wildman–Crippen MR) is 87.3 cm³/mol. The average molecular weight is 291 g/mol. The van der Waals surface area contributed by atoms with Gasteiger partial charge in [0.25, 0.3) is 0 Å². The van der Waals surface area contributed by atoms with Crippen LogP contribution in [0.15, 0.2) is 54.7 Å². The number of fused-ring (bicyclic) bond motifs is 1. The van der Waals surface area contributed by atoms with E-state index in [9.17, 15) is 0 Å². The summed E-state index contributed by atoms with van der Waals surface area (Å²) in [6, 6.07) is 16.0. The molecule has 3 aliphatic rings. The van der Waals surface area contributed by atoms with Crippen molar-refractivity contribution in [3.63, 3.8) is 0 Å². The van der Waals surface area contributed by atoms with Crippen molar-refractivity contribution in [3.05, 3.63) is 54.7 Å². The van der Waals surface area contributed by atoms with Crippen LogP contribution in [0, 0.1) is 0 Å². The largest absolute Gasteiger partial charge is 0.353 e. The molecule has 1 aromatic heterocycles. The first kappa shape index (κ1) is 13.0. The molecular formula is C17H17N5. The highest BCUT2D eigenvalue weighted by Crippen LogP contribution is 2.23. The van der Waals surface area contributed by atoms with Crippen LogP contribution in [0.1, 0.15) is 0 Å². The molecule has 2 aliphatic heterocycles. The van der Waals surface area contributed by atoms with Gasteiger partial charge >= 0.3 is 0 Å². The summed E-state index contributed by atoms with van der Waals surface area (Å²) in [6.07, 6.45) is 1.84. The van der Waals surface area contributed by atoms with E-state index in [1.807, 2.05) is 48.7 Å². The number of hydrogen-bond donors (Lipinski definition) is 0. The Morgan fingerprint density at radius 3 is 1.95 bits per heavy atom. The fraction of sp³-hybridized carbons (Fsp3) is 0.235. The maximum atomic E-state index is 4.65. The second-order valence-corrected chi connectivity index (χ2v) is 5.37. The molecule has 0 aromatic carbocycles. The molecule has 0 amide bonds. The highest BCUT2D eigenvalue weighted by Gasteiger charge is 2.21. The van der Waals surface area contributed by atoms with E-state index < -0.39 is 0 Å². The Balaban J connectivity index is 1.50. The van der Waals surface area contributed by atoms with Crippen LogP contribution in [0.3, 0.4) is 0 Å². The van der Waals surface area contributed by atoms with Gasteiger partial charge in [-0.2, -0.15) is 0 Å². The minimum Gasteiger partial charge on any atom is -0.353 e. The van der Waals surface area contributed by atoms with Gasteiger partial charge in [0, 0.05) is 32.4 Å². The van der Waals surface area contributed by atoms with E-state index in [0.717, 1.165) is 49.3 Å². The molecule has 0 atom stereocenters. The molecule has 110 valence electrons. The fourth-order valence-corrected chi connectivity index (χ4v) is 2.78. The van der Waals surface area contributed by atoms with E-state index in [2.05, 4.69) is 30.8 Å². The zero-order chi connectivity index (χ0) is 14.8. The second-order valence-electron chi connectivity index (χ2n) is 5.37. The maximum Gasteiger partial charge on any atom is 0.226 e. The predicted octanol–water partition coefficient (Wildman–Crippen LogP) is 2.30. The monoisotopic (exact) mass is 291 g/mol. The van der Waals surface area contributed by atoms with Crippen LogP contribution in [0.4, 0.5) is 11.8 Å². The summed E-state index contributed by atoms with van der Waals surface area (Å²) in [7, 11) is 0. The van der Waals surface area contributed by atoms with Crippen LogP contribution in [-0.4, -0.2) is 41.1 Å². The Morgan fingerprint density at radius 2 is 1.32 bits per heavy atom. The molecule has 1 aromatic rings. The van der Waals surface area contributed by atoms with Gasteiger partial charge in [-0.3, -0.25) is 0 Å². The molecule has 5 nitrogen and oxygen atoms in total. The SMILES string of the molecule is c1ccc2nc(N3CCN(c4ccccn4)CC3)nc-2cc1. The number of aromatic nitrogens is 3. The minimum absolute atomic E-state index is 0.835. The summed E-state index contributed by atoms with van der Waals surface area (Å²) in [4.78, 5) is 18.3. The third kappa shape index (κ3) is 2.45. The van der Waals surface area contributed by atoms with Gasteiger partial charge in [-0.25, -0.2) is 15.0 Å². The third-order valence-electron chi connectivity index (χ3n) is 3.97. The number of anilines is 2. The summed E-state index contributed by atoms with van der Waals surface area (Å²) < 4.78 is 0.